The largest absolute Gasteiger partial charge is 0.378 e. The molecule has 3 heterocycles. The Bertz CT molecular complexity index is 1050. The monoisotopic (exact) mass is 361 g/mol. The Balaban J connectivity index is 1.84. The quantitative estimate of drug-likeness (QED) is 0.684. The molecule has 3 N–H and O–H groups in total. The van der Waals surface area contributed by atoms with Gasteiger partial charge >= 0.3 is 0 Å². The van der Waals surface area contributed by atoms with E-state index >= 15 is 0 Å². The number of nitrogen functional groups attached to an aromatic ring is 1. The minimum Gasteiger partial charge on any atom is -0.378 e. The molecule has 1 aliphatic rings. The highest BCUT2D eigenvalue weighted by Crippen LogP contribution is 2.32. The average molecular weight is 361 g/mol. The number of nitrogens with two attached hydrogens (primary N) is 1. The number of aliphatic hydroxyl groups is 1. The third-order valence-electron chi connectivity index (χ3n) is 5.08. The summed E-state index contributed by atoms with van der Waals surface area (Å²) in [4.78, 5) is 12.9. The molecule has 0 amide bonds. The van der Waals surface area contributed by atoms with Crippen molar-refractivity contribution in [1.82, 2.24) is 19.5 Å². The van der Waals surface area contributed by atoms with Crippen molar-refractivity contribution in [3.05, 3.63) is 36.4 Å². The first-order valence-electron chi connectivity index (χ1n) is 9.30. The first-order chi connectivity index (χ1) is 13.0. The lowest BCUT2D eigenvalue weighted by molar-refractivity contribution is 0.110. The molecule has 0 spiro atoms. The van der Waals surface area contributed by atoms with Gasteiger partial charge in [0.05, 0.1) is 17.4 Å². The molecule has 0 aromatic carbocycles. The van der Waals surface area contributed by atoms with Crippen LogP contribution in [0.15, 0.2) is 30.7 Å². The standard InChI is InChI=1S/C21H23N5O/c1-14(2)26-13-17(18-6-10-23-20(22)25-18)16-11-15(24-12-19(16)26)5-9-21(27)7-3-4-8-21/h6,10-14,27H,3-4,7-8H2,1-2H3,(H2,22,23,25). The molecule has 4 rings (SSSR count). The molecule has 6 nitrogen and oxygen atoms in total. The summed E-state index contributed by atoms with van der Waals surface area (Å²) in [5.41, 5.74) is 8.31. The van der Waals surface area contributed by atoms with E-state index in [0.29, 0.717) is 5.69 Å². The molecule has 1 fully saturated rings. The first kappa shape index (κ1) is 17.5. The van der Waals surface area contributed by atoms with Gasteiger partial charge in [0.25, 0.3) is 0 Å². The molecule has 0 atom stereocenters. The van der Waals surface area contributed by atoms with Gasteiger partial charge in [-0.05, 0) is 57.6 Å². The molecule has 0 aliphatic heterocycles. The molecule has 1 saturated carbocycles. The second-order valence-corrected chi connectivity index (χ2v) is 7.42. The second kappa shape index (κ2) is 6.67. The van der Waals surface area contributed by atoms with E-state index < -0.39 is 5.60 Å². The van der Waals surface area contributed by atoms with Crippen LogP contribution in [-0.4, -0.2) is 30.2 Å². The van der Waals surface area contributed by atoms with Gasteiger partial charge in [-0.1, -0.05) is 5.92 Å². The molecule has 6 heteroatoms. The number of rotatable bonds is 2. The van der Waals surface area contributed by atoms with Gasteiger partial charge in [0.15, 0.2) is 0 Å². The fraction of sp³-hybridized carbons (Fsp3) is 0.381. The summed E-state index contributed by atoms with van der Waals surface area (Å²) in [6.45, 7) is 4.25. The summed E-state index contributed by atoms with van der Waals surface area (Å²) >= 11 is 0. The summed E-state index contributed by atoms with van der Waals surface area (Å²) < 4.78 is 2.16. The third-order valence-corrected chi connectivity index (χ3v) is 5.08. The van der Waals surface area contributed by atoms with Gasteiger partial charge in [-0.25, -0.2) is 15.0 Å². The average Bonchev–Trinajstić information content (AvgIpc) is 3.24. The molecular weight excluding hydrogens is 338 g/mol. The topological polar surface area (TPSA) is 89.9 Å². The fourth-order valence-corrected chi connectivity index (χ4v) is 3.64. The SMILES string of the molecule is CC(C)n1cc(-c2ccnc(N)n2)c2cc(C#CC3(O)CCCC3)ncc21. The number of anilines is 1. The molecule has 3 aromatic rings. The summed E-state index contributed by atoms with van der Waals surface area (Å²) in [7, 11) is 0. The van der Waals surface area contributed by atoms with Crippen molar-refractivity contribution >= 4 is 16.9 Å². The zero-order valence-corrected chi connectivity index (χ0v) is 15.6. The maximum Gasteiger partial charge on any atom is 0.220 e. The van der Waals surface area contributed by atoms with E-state index in [1.54, 1.807) is 6.20 Å². The highest BCUT2D eigenvalue weighted by atomic mass is 16.3. The number of hydrogen-bond acceptors (Lipinski definition) is 5. The van der Waals surface area contributed by atoms with Crippen molar-refractivity contribution in [2.24, 2.45) is 0 Å². The smallest absolute Gasteiger partial charge is 0.220 e. The van der Waals surface area contributed by atoms with E-state index in [-0.39, 0.29) is 12.0 Å². The predicted molar refractivity (Wildman–Crippen MR) is 106 cm³/mol. The van der Waals surface area contributed by atoms with Crippen LogP contribution in [-0.2, 0) is 0 Å². The number of nitrogens with zero attached hydrogens (tertiary/aromatic N) is 4. The summed E-state index contributed by atoms with van der Waals surface area (Å²) in [5, 5.41) is 11.5. The third kappa shape index (κ3) is 3.38. The minimum atomic E-state index is -0.871. The van der Waals surface area contributed by atoms with Crippen LogP contribution in [0.3, 0.4) is 0 Å². The Kier molecular flexibility index (Phi) is 4.33. The first-order valence-corrected chi connectivity index (χ1v) is 9.30. The molecule has 27 heavy (non-hydrogen) atoms. The highest BCUT2D eigenvalue weighted by molar-refractivity contribution is 5.95. The van der Waals surface area contributed by atoms with Gasteiger partial charge in [0.1, 0.15) is 11.3 Å². The van der Waals surface area contributed by atoms with E-state index in [1.807, 2.05) is 18.3 Å². The van der Waals surface area contributed by atoms with Gasteiger partial charge in [-0.15, -0.1) is 0 Å². The lowest BCUT2D eigenvalue weighted by Gasteiger charge is -2.12. The molecule has 0 saturated heterocycles. The van der Waals surface area contributed by atoms with Crippen molar-refractivity contribution < 1.29 is 5.11 Å². The number of fused-ring (bicyclic) bond motifs is 1. The van der Waals surface area contributed by atoms with E-state index in [4.69, 9.17) is 5.73 Å². The summed E-state index contributed by atoms with van der Waals surface area (Å²) in [5.74, 6) is 6.34. The van der Waals surface area contributed by atoms with E-state index in [0.717, 1.165) is 47.8 Å². The molecule has 3 aromatic heterocycles. The lowest BCUT2D eigenvalue weighted by atomic mass is 10.0. The van der Waals surface area contributed by atoms with Gasteiger partial charge in [0.2, 0.25) is 5.95 Å². The highest BCUT2D eigenvalue weighted by Gasteiger charge is 2.28. The summed E-state index contributed by atoms with van der Waals surface area (Å²) in [6.07, 6.45) is 9.08. The molecule has 0 unspecified atom stereocenters. The van der Waals surface area contributed by atoms with Crippen LogP contribution in [0.4, 0.5) is 5.95 Å². The van der Waals surface area contributed by atoms with Crippen LogP contribution in [0.2, 0.25) is 0 Å². The van der Waals surface area contributed by atoms with Gasteiger partial charge in [0, 0.05) is 29.4 Å². The van der Waals surface area contributed by atoms with Crippen LogP contribution in [0, 0.1) is 11.8 Å². The maximum atomic E-state index is 10.5. The van der Waals surface area contributed by atoms with Crippen molar-refractivity contribution in [2.75, 3.05) is 5.73 Å². The zero-order valence-electron chi connectivity index (χ0n) is 15.6. The molecule has 1 aliphatic carbocycles. The maximum absolute atomic E-state index is 10.5. The van der Waals surface area contributed by atoms with Gasteiger partial charge in [-0.2, -0.15) is 0 Å². The lowest BCUT2D eigenvalue weighted by Crippen LogP contribution is -2.20. The number of hydrogen-bond donors (Lipinski definition) is 2. The van der Waals surface area contributed by atoms with Crippen LogP contribution in [0.5, 0.6) is 0 Å². The van der Waals surface area contributed by atoms with Crippen molar-refractivity contribution in [3.8, 4) is 23.1 Å². The van der Waals surface area contributed by atoms with Crippen LogP contribution >= 0.6 is 0 Å². The Morgan fingerprint density at radius 1 is 1.26 bits per heavy atom. The Hall–Kier alpha value is -2.91. The predicted octanol–water partition coefficient (Wildman–Crippen LogP) is 3.31. The number of aromatic nitrogens is 4. The van der Waals surface area contributed by atoms with E-state index in [1.165, 1.54) is 0 Å². The normalized spacial score (nSPS) is 15.9. The van der Waals surface area contributed by atoms with Crippen molar-refractivity contribution in [1.29, 1.82) is 0 Å². The van der Waals surface area contributed by atoms with E-state index in [9.17, 15) is 5.11 Å². The molecular formula is C21H23N5O. The Labute approximate surface area is 158 Å². The van der Waals surface area contributed by atoms with Crippen LogP contribution < -0.4 is 5.73 Å². The molecule has 0 bridgehead atoms. The van der Waals surface area contributed by atoms with Crippen molar-refractivity contribution in [2.45, 2.75) is 51.2 Å². The van der Waals surface area contributed by atoms with Crippen LogP contribution in [0.25, 0.3) is 22.2 Å². The van der Waals surface area contributed by atoms with Crippen LogP contribution in [0.1, 0.15) is 51.3 Å². The fourth-order valence-electron chi connectivity index (χ4n) is 3.64. The summed E-state index contributed by atoms with van der Waals surface area (Å²) in [6, 6.07) is 4.09. The van der Waals surface area contributed by atoms with Crippen molar-refractivity contribution in [3.63, 3.8) is 0 Å². The van der Waals surface area contributed by atoms with Gasteiger partial charge < -0.3 is 15.4 Å². The second-order valence-electron chi connectivity index (χ2n) is 7.42. The molecule has 138 valence electrons. The van der Waals surface area contributed by atoms with Gasteiger partial charge in [-0.3, -0.25) is 0 Å². The minimum absolute atomic E-state index is 0.246. The zero-order chi connectivity index (χ0) is 19.0. The molecule has 0 radical (unpaired) electrons. The number of pyridine rings is 1. The Morgan fingerprint density at radius 2 is 2.04 bits per heavy atom. The van der Waals surface area contributed by atoms with E-state index in [2.05, 4.69) is 51.4 Å². The Morgan fingerprint density at radius 3 is 2.74 bits per heavy atom.